The van der Waals surface area contributed by atoms with E-state index in [4.69, 9.17) is 38.5 Å². The van der Waals surface area contributed by atoms with E-state index >= 15 is 0 Å². The van der Waals surface area contributed by atoms with E-state index in [1.54, 1.807) is 0 Å². The normalized spacial score (nSPS) is 11.3. The Labute approximate surface area is 555 Å². The van der Waals surface area contributed by atoms with Gasteiger partial charge in [0.25, 0.3) is 0 Å². The molecule has 17 rings (SSSR count). The van der Waals surface area contributed by atoms with Crippen LogP contribution in [0.25, 0.3) is 167 Å². The van der Waals surface area contributed by atoms with E-state index in [1.807, 2.05) is 146 Å². The number of rotatable bonds is 13. The quantitative estimate of drug-likeness (QED) is 0.105. The number of nitrogens with zero attached hydrogens (tertiary/aromatic N) is 5. The maximum atomic E-state index is 6.49. The summed E-state index contributed by atoms with van der Waals surface area (Å²) >= 11 is 0. The molecule has 0 aliphatic heterocycles. The number of ether oxygens (including phenoxy) is 1. The van der Waals surface area contributed by atoms with Crippen molar-refractivity contribution < 1.29 is 33.7 Å². The zero-order valence-corrected chi connectivity index (χ0v) is 52.6. The zero-order valence-electron chi connectivity index (χ0n) is 50.2. The van der Waals surface area contributed by atoms with Crippen LogP contribution in [0.1, 0.15) is 0 Å². The predicted octanol–water partition coefficient (Wildman–Crippen LogP) is 22.0. The molecule has 0 saturated heterocycles. The van der Waals surface area contributed by atoms with E-state index in [0.29, 0.717) is 22.9 Å². The van der Waals surface area contributed by atoms with Crippen LogP contribution in [0.3, 0.4) is 0 Å². The summed E-state index contributed by atoms with van der Waals surface area (Å²) in [4.78, 5) is 24.9. The van der Waals surface area contributed by atoms with Gasteiger partial charge in [-0.05, 0) is 138 Å². The van der Waals surface area contributed by atoms with Crippen LogP contribution in [0.15, 0.2) is 313 Å². The van der Waals surface area contributed by atoms with Gasteiger partial charge in [0.15, 0.2) is 0 Å². The van der Waals surface area contributed by atoms with Gasteiger partial charge in [-0.1, -0.05) is 204 Å². The molecule has 0 N–H and O–H groups in total. The standard InChI is InChI=1S/C85H50N5O3.Ir/c1-2-18-54(19-3-1)55-42-43-86-80(49-55)56-20-14-22-64(47-56)91-65-23-15-21-57(48-65)85-89-52-63(53-90-85)71-29-9-8-28-70(71)62-45-60(68-26-6-4-24-66(68)58-38-40-78(87-50-58)76-34-16-32-74-72-30-10-12-36-81(72)92-83(74)76)44-61(46-62)69-27-7-5-25-67(69)59-39-41-79(88-51-59)77-35-17-33-75-73-31-11-13-37-82(73)93-84(75)77;/h1-20,22-33,36-53H;/q-3;+3. The fourth-order valence-corrected chi connectivity index (χ4v) is 12.7. The summed E-state index contributed by atoms with van der Waals surface area (Å²) in [6.07, 6.45) is 9.54. The Morgan fingerprint density at radius 2 is 0.755 bits per heavy atom. The zero-order chi connectivity index (χ0) is 61.6. The molecule has 6 heterocycles. The molecule has 11 aromatic carbocycles. The van der Waals surface area contributed by atoms with Gasteiger partial charge in [-0.2, -0.15) is 0 Å². The summed E-state index contributed by atoms with van der Waals surface area (Å²) in [5.74, 6) is 1.84. The number of fused-ring (bicyclic) bond motifs is 6. The van der Waals surface area contributed by atoms with Crippen molar-refractivity contribution >= 4 is 43.9 Å². The molecule has 0 spiro atoms. The summed E-state index contributed by atoms with van der Waals surface area (Å²) in [5, 5.41) is 4.20. The second kappa shape index (κ2) is 24.7. The molecule has 17 aromatic rings. The Bertz CT molecular complexity index is 5450. The summed E-state index contributed by atoms with van der Waals surface area (Å²) < 4.78 is 19.3. The molecule has 6 aromatic heterocycles. The third kappa shape index (κ3) is 10.8. The maximum Gasteiger partial charge on any atom is 3.00 e. The van der Waals surface area contributed by atoms with Gasteiger partial charge in [0.2, 0.25) is 0 Å². The van der Waals surface area contributed by atoms with Gasteiger partial charge in [-0.15, -0.1) is 60.2 Å². The Morgan fingerprint density at radius 3 is 1.30 bits per heavy atom. The second-order valence-corrected chi connectivity index (χ2v) is 22.8. The number of para-hydroxylation sites is 2. The average molecular weight is 1380 g/mol. The van der Waals surface area contributed by atoms with Crippen LogP contribution in [0, 0.1) is 18.2 Å². The molecule has 442 valence electrons. The van der Waals surface area contributed by atoms with E-state index in [2.05, 4.69) is 176 Å². The van der Waals surface area contributed by atoms with Crippen molar-refractivity contribution in [3.8, 4) is 135 Å². The van der Waals surface area contributed by atoms with Gasteiger partial charge >= 0.3 is 20.1 Å². The Hall–Kier alpha value is -12.0. The van der Waals surface area contributed by atoms with E-state index < -0.39 is 0 Å². The largest absolute Gasteiger partial charge is 3.00 e. The number of hydrogen-bond acceptors (Lipinski definition) is 8. The predicted molar refractivity (Wildman–Crippen MR) is 373 cm³/mol. The van der Waals surface area contributed by atoms with Crippen LogP contribution in [0.4, 0.5) is 0 Å². The van der Waals surface area contributed by atoms with Crippen molar-refractivity contribution in [1.29, 1.82) is 0 Å². The number of hydrogen-bond donors (Lipinski definition) is 0. The van der Waals surface area contributed by atoms with Gasteiger partial charge in [0.1, 0.15) is 16.9 Å². The SMILES string of the molecule is [Ir+3].[c-]1ccc(Oc2cccc(-c3cc(-c4ccccc4)ccn3)c2)cc1-c1ncc(-c2ccccc2-c2cc(-c3ccccc3-c3ccc(-c4[c-]ccc5c4oc4ccccc45)nc3)cc(-c3ccccc3-c3ccc(-c4[c-]ccc5c4oc4ccccc45)nc3)c2)cn1. The summed E-state index contributed by atoms with van der Waals surface area (Å²) in [6, 6.07) is 103. The summed E-state index contributed by atoms with van der Waals surface area (Å²) in [6.45, 7) is 0. The minimum Gasteiger partial charge on any atom is -0.501 e. The molecule has 0 fully saturated rings. The molecule has 0 aliphatic carbocycles. The smallest absolute Gasteiger partial charge is 0.501 e. The molecule has 94 heavy (non-hydrogen) atoms. The van der Waals surface area contributed by atoms with Crippen molar-refractivity contribution in [2.75, 3.05) is 0 Å². The van der Waals surface area contributed by atoms with Gasteiger partial charge in [0, 0.05) is 58.6 Å². The molecule has 0 saturated carbocycles. The van der Waals surface area contributed by atoms with Crippen LogP contribution in [0.5, 0.6) is 11.5 Å². The first-order chi connectivity index (χ1) is 46.1. The van der Waals surface area contributed by atoms with Gasteiger partial charge in [0.05, 0.1) is 22.7 Å². The molecule has 0 unspecified atom stereocenters. The fourth-order valence-electron chi connectivity index (χ4n) is 12.7. The van der Waals surface area contributed by atoms with Crippen molar-refractivity contribution in [3.05, 3.63) is 322 Å². The minimum atomic E-state index is 0. The van der Waals surface area contributed by atoms with Crippen LogP contribution >= 0.6 is 0 Å². The van der Waals surface area contributed by atoms with Gasteiger partial charge in [-0.25, -0.2) is 0 Å². The number of benzene rings is 11. The molecular formula is C85H50IrN5O3. The van der Waals surface area contributed by atoms with Crippen molar-refractivity contribution in [2.45, 2.75) is 0 Å². The third-order valence-corrected chi connectivity index (χ3v) is 17.2. The monoisotopic (exact) mass is 1380 g/mol. The van der Waals surface area contributed by atoms with Crippen LogP contribution in [-0.4, -0.2) is 24.9 Å². The second-order valence-electron chi connectivity index (χ2n) is 22.8. The minimum absolute atomic E-state index is 0. The van der Waals surface area contributed by atoms with E-state index in [1.165, 1.54) is 0 Å². The third-order valence-electron chi connectivity index (χ3n) is 17.2. The Balaban J connectivity index is 0.00000699. The van der Waals surface area contributed by atoms with E-state index in [0.717, 1.165) is 156 Å². The van der Waals surface area contributed by atoms with Crippen molar-refractivity contribution in [3.63, 3.8) is 0 Å². The first kappa shape index (κ1) is 57.2. The number of aromatic nitrogens is 5. The molecule has 0 atom stereocenters. The first-order valence-corrected chi connectivity index (χ1v) is 30.7. The Kier molecular flexibility index (Phi) is 15.0. The molecule has 0 amide bonds. The molecular weight excluding hydrogens is 1330 g/mol. The fraction of sp³-hybridized carbons (Fsp3) is 0. The summed E-state index contributed by atoms with van der Waals surface area (Å²) in [5.41, 5.74) is 23.2. The average Bonchev–Trinajstić information content (AvgIpc) is 1.27. The van der Waals surface area contributed by atoms with Crippen LogP contribution in [0.2, 0.25) is 0 Å². The molecule has 0 bridgehead atoms. The van der Waals surface area contributed by atoms with Crippen molar-refractivity contribution in [2.24, 2.45) is 0 Å². The van der Waals surface area contributed by atoms with E-state index in [9.17, 15) is 0 Å². The molecule has 8 nitrogen and oxygen atoms in total. The van der Waals surface area contributed by atoms with Crippen molar-refractivity contribution in [1.82, 2.24) is 24.9 Å². The van der Waals surface area contributed by atoms with Crippen LogP contribution in [-0.2, 0) is 20.1 Å². The van der Waals surface area contributed by atoms with E-state index in [-0.39, 0.29) is 20.1 Å². The topological polar surface area (TPSA) is 100.0 Å². The molecule has 0 aliphatic rings. The van der Waals surface area contributed by atoms with Crippen LogP contribution < -0.4 is 4.74 Å². The van der Waals surface area contributed by atoms with Gasteiger partial charge < -0.3 is 23.5 Å². The maximum absolute atomic E-state index is 6.49. The summed E-state index contributed by atoms with van der Waals surface area (Å²) in [7, 11) is 0. The molecule has 0 radical (unpaired) electrons. The number of furan rings is 2. The first-order valence-electron chi connectivity index (χ1n) is 30.7. The van der Waals surface area contributed by atoms with Gasteiger partial charge in [-0.3, -0.25) is 15.0 Å². The number of pyridine rings is 3. The Morgan fingerprint density at radius 1 is 0.287 bits per heavy atom. The molecule has 9 heteroatoms.